The third-order valence-corrected chi connectivity index (χ3v) is 3.57. The van der Waals surface area contributed by atoms with Gasteiger partial charge in [-0.05, 0) is 12.3 Å². The number of alkyl carbamates (subject to hydrolysis) is 1. The van der Waals surface area contributed by atoms with Gasteiger partial charge in [0.2, 0.25) is 0 Å². The summed E-state index contributed by atoms with van der Waals surface area (Å²) in [5, 5.41) is 2.43. The molecule has 0 aromatic heterocycles. The lowest BCUT2D eigenvalue weighted by Gasteiger charge is -2.20. The Bertz CT molecular complexity index is 469. The van der Waals surface area contributed by atoms with Crippen LogP contribution in [0.25, 0.3) is 0 Å². The summed E-state index contributed by atoms with van der Waals surface area (Å²) in [6, 6.07) is -0.859. The Morgan fingerprint density at radius 1 is 1.26 bits per heavy atom. The van der Waals surface area contributed by atoms with Gasteiger partial charge in [0.15, 0.2) is 0 Å². The van der Waals surface area contributed by atoms with Crippen molar-refractivity contribution < 1.29 is 28.7 Å². The number of nitrogens with one attached hydrogen (secondary N) is 1. The summed E-state index contributed by atoms with van der Waals surface area (Å²) in [7, 11) is 0. The van der Waals surface area contributed by atoms with E-state index in [2.05, 4.69) is 11.9 Å². The number of hydrogen-bond acceptors (Lipinski definition) is 6. The number of amides is 1. The van der Waals surface area contributed by atoms with Crippen molar-refractivity contribution in [1.29, 1.82) is 0 Å². The number of carbonyl (C=O) groups excluding carboxylic acids is 4. The number of ketones is 2. The second kappa shape index (κ2) is 9.07. The standard InChI is InChI=1S/C16H23NO6/c1-4-8-23-16(21)17-14(10(2)3)15(20)22-9-7-11-12(18)5-6-13(11)19/h4,10-11,14H,1,5-9H2,2-3H3,(H,17,21). The topological polar surface area (TPSA) is 98.8 Å². The maximum Gasteiger partial charge on any atom is 0.408 e. The first-order valence-corrected chi connectivity index (χ1v) is 7.63. The van der Waals surface area contributed by atoms with Crippen LogP contribution in [0.4, 0.5) is 4.79 Å². The van der Waals surface area contributed by atoms with Crippen molar-refractivity contribution in [3.63, 3.8) is 0 Å². The van der Waals surface area contributed by atoms with Crippen LogP contribution in [0.5, 0.6) is 0 Å². The van der Waals surface area contributed by atoms with Crippen LogP contribution in [-0.4, -0.2) is 42.9 Å². The van der Waals surface area contributed by atoms with E-state index in [0.29, 0.717) is 0 Å². The first-order chi connectivity index (χ1) is 10.9. The summed E-state index contributed by atoms with van der Waals surface area (Å²) in [5.41, 5.74) is 0. The van der Waals surface area contributed by atoms with Gasteiger partial charge in [0.05, 0.1) is 12.5 Å². The summed E-state index contributed by atoms with van der Waals surface area (Å²) >= 11 is 0. The number of esters is 1. The second-order valence-electron chi connectivity index (χ2n) is 5.69. The zero-order valence-electron chi connectivity index (χ0n) is 13.5. The Hall–Kier alpha value is -2.18. The van der Waals surface area contributed by atoms with Crippen molar-refractivity contribution >= 4 is 23.6 Å². The summed E-state index contributed by atoms with van der Waals surface area (Å²) in [6.45, 7) is 6.93. The highest BCUT2D eigenvalue weighted by Crippen LogP contribution is 2.20. The van der Waals surface area contributed by atoms with Gasteiger partial charge in [-0.2, -0.15) is 0 Å². The number of rotatable bonds is 8. The maximum atomic E-state index is 12.0. The highest BCUT2D eigenvalue weighted by Gasteiger charge is 2.33. The normalized spacial score (nSPS) is 16.3. The monoisotopic (exact) mass is 325 g/mol. The minimum absolute atomic E-state index is 0.0341. The Balaban J connectivity index is 2.45. The van der Waals surface area contributed by atoms with Crippen LogP contribution in [0.2, 0.25) is 0 Å². The van der Waals surface area contributed by atoms with E-state index in [0.717, 1.165) is 0 Å². The van der Waals surface area contributed by atoms with Gasteiger partial charge in [0.25, 0.3) is 0 Å². The fourth-order valence-electron chi connectivity index (χ4n) is 2.26. The molecule has 0 spiro atoms. The molecule has 128 valence electrons. The third kappa shape index (κ3) is 5.84. The molecular weight excluding hydrogens is 302 g/mol. The molecule has 0 radical (unpaired) electrons. The van der Waals surface area contributed by atoms with E-state index >= 15 is 0 Å². The largest absolute Gasteiger partial charge is 0.464 e. The number of Topliss-reactive ketones (excluding diaryl/α,β-unsaturated/α-hetero) is 2. The zero-order valence-corrected chi connectivity index (χ0v) is 13.5. The van der Waals surface area contributed by atoms with Crippen molar-refractivity contribution in [3.8, 4) is 0 Å². The molecule has 1 fully saturated rings. The SMILES string of the molecule is C=CCOC(=O)NC(C(=O)OCCC1C(=O)CCC1=O)C(C)C. The summed E-state index contributed by atoms with van der Waals surface area (Å²) in [5.74, 6) is -1.68. The molecule has 23 heavy (non-hydrogen) atoms. The minimum atomic E-state index is -0.859. The van der Waals surface area contributed by atoms with Gasteiger partial charge in [-0.1, -0.05) is 26.5 Å². The van der Waals surface area contributed by atoms with E-state index in [9.17, 15) is 19.2 Å². The smallest absolute Gasteiger partial charge is 0.408 e. The molecule has 1 amide bonds. The van der Waals surface area contributed by atoms with Crippen LogP contribution in [0.3, 0.4) is 0 Å². The molecule has 0 heterocycles. The molecule has 1 N–H and O–H groups in total. The first-order valence-electron chi connectivity index (χ1n) is 7.63. The van der Waals surface area contributed by atoms with E-state index in [4.69, 9.17) is 9.47 Å². The third-order valence-electron chi connectivity index (χ3n) is 3.57. The maximum absolute atomic E-state index is 12.0. The van der Waals surface area contributed by atoms with Crippen molar-refractivity contribution in [1.82, 2.24) is 5.32 Å². The summed E-state index contributed by atoms with van der Waals surface area (Å²) in [6.07, 6.45) is 1.40. The lowest BCUT2D eigenvalue weighted by Crippen LogP contribution is -2.45. The molecule has 0 saturated heterocycles. The van der Waals surface area contributed by atoms with E-state index in [1.165, 1.54) is 6.08 Å². The Labute approximate surface area is 135 Å². The van der Waals surface area contributed by atoms with E-state index in [1.54, 1.807) is 13.8 Å². The zero-order chi connectivity index (χ0) is 17.4. The minimum Gasteiger partial charge on any atom is -0.464 e. The molecule has 0 aromatic rings. The molecule has 1 rings (SSSR count). The van der Waals surface area contributed by atoms with Crippen LogP contribution in [-0.2, 0) is 23.9 Å². The average molecular weight is 325 g/mol. The second-order valence-corrected chi connectivity index (χ2v) is 5.69. The van der Waals surface area contributed by atoms with E-state index < -0.39 is 24.0 Å². The van der Waals surface area contributed by atoms with Crippen LogP contribution in [0.15, 0.2) is 12.7 Å². The molecule has 1 aliphatic rings. The Kier molecular flexibility index (Phi) is 7.44. The molecule has 1 aliphatic carbocycles. The van der Waals surface area contributed by atoms with Crippen molar-refractivity contribution in [2.24, 2.45) is 11.8 Å². The molecule has 7 heteroatoms. The average Bonchev–Trinajstić information content (AvgIpc) is 2.81. The van der Waals surface area contributed by atoms with Gasteiger partial charge in [0.1, 0.15) is 24.2 Å². The van der Waals surface area contributed by atoms with Crippen LogP contribution < -0.4 is 5.32 Å². The van der Waals surface area contributed by atoms with Gasteiger partial charge in [-0.25, -0.2) is 9.59 Å². The highest BCUT2D eigenvalue weighted by atomic mass is 16.6. The molecule has 0 aromatic carbocycles. The highest BCUT2D eigenvalue weighted by molar-refractivity contribution is 6.08. The van der Waals surface area contributed by atoms with Crippen molar-refractivity contribution in [3.05, 3.63) is 12.7 Å². The molecule has 0 bridgehead atoms. The van der Waals surface area contributed by atoms with Gasteiger partial charge in [-0.3, -0.25) is 9.59 Å². The van der Waals surface area contributed by atoms with E-state index in [1.807, 2.05) is 0 Å². The molecule has 1 unspecified atom stereocenters. The quantitative estimate of drug-likeness (QED) is 0.411. The first kappa shape index (κ1) is 18.9. The summed E-state index contributed by atoms with van der Waals surface area (Å²) < 4.78 is 9.87. The fourth-order valence-corrected chi connectivity index (χ4v) is 2.26. The predicted molar refractivity (Wildman–Crippen MR) is 81.6 cm³/mol. The molecule has 1 atom stereocenters. The van der Waals surface area contributed by atoms with Crippen molar-refractivity contribution in [2.75, 3.05) is 13.2 Å². The molecule has 7 nitrogen and oxygen atoms in total. The number of ether oxygens (including phenoxy) is 2. The predicted octanol–water partition coefficient (Wildman–Crippen LogP) is 1.40. The molecule has 1 saturated carbocycles. The van der Waals surface area contributed by atoms with Gasteiger partial charge >= 0.3 is 12.1 Å². The lowest BCUT2D eigenvalue weighted by molar-refractivity contribution is -0.148. The van der Waals surface area contributed by atoms with Gasteiger partial charge < -0.3 is 14.8 Å². The van der Waals surface area contributed by atoms with Crippen molar-refractivity contribution in [2.45, 2.75) is 39.2 Å². The Morgan fingerprint density at radius 2 is 1.87 bits per heavy atom. The Morgan fingerprint density at radius 3 is 2.39 bits per heavy atom. The van der Waals surface area contributed by atoms with Crippen LogP contribution in [0.1, 0.15) is 33.1 Å². The lowest BCUT2D eigenvalue weighted by atomic mass is 10.0. The summed E-state index contributed by atoms with van der Waals surface area (Å²) in [4.78, 5) is 46.6. The molecular formula is C16H23NO6. The number of carbonyl (C=O) groups is 4. The fraction of sp³-hybridized carbons (Fsp3) is 0.625. The molecule has 0 aliphatic heterocycles. The van der Waals surface area contributed by atoms with Crippen LogP contribution in [0, 0.1) is 11.8 Å². The number of hydrogen-bond donors (Lipinski definition) is 1. The van der Waals surface area contributed by atoms with Gasteiger partial charge in [0, 0.05) is 12.8 Å². The van der Waals surface area contributed by atoms with E-state index in [-0.39, 0.29) is 50.0 Å². The van der Waals surface area contributed by atoms with Gasteiger partial charge in [-0.15, -0.1) is 0 Å². The van der Waals surface area contributed by atoms with Crippen LogP contribution >= 0.6 is 0 Å².